The fourth-order valence-corrected chi connectivity index (χ4v) is 1.63. The molecule has 0 unspecified atom stereocenters. The number of rotatable bonds is 6. The average Bonchev–Trinajstić information content (AvgIpc) is 2.34. The third-order valence-electron chi connectivity index (χ3n) is 2.66. The first kappa shape index (κ1) is 13.5. The number of nitrogens with zero attached hydrogens (tertiary/aromatic N) is 2. The second-order valence-electron chi connectivity index (χ2n) is 4.54. The van der Waals surface area contributed by atoms with Crippen molar-refractivity contribution < 1.29 is 0 Å². The Morgan fingerprint density at radius 3 is 2.47 bits per heavy atom. The molecular weight excluding hydrogens is 210 g/mol. The fraction of sp³-hybridized carbons (Fsp3) is 0.500. The number of anilines is 1. The topological polar surface area (TPSA) is 39.1 Å². The molecule has 1 aromatic rings. The molecule has 1 N–H and O–H groups in total. The van der Waals surface area contributed by atoms with Gasteiger partial charge in [-0.15, -0.1) is 0 Å². The summed E-state index contributed by atoms with van der Waals surface area (Å²) in [5, 5.41) is 12.1. The van der Waals surface area contributed by atoms with Crippen LogP contribution < -0.4 is 10.2 Å². The van der Waals surface area contributed by atoms with E-state index in [9.17, 15) is 0 Å². The van der Waals surface area contributed by atoms with Gasteiger partial charge in [-0.25, -0.2) is 0 Å². The third-order valence-corrected chi connectivity index (χ3v) is 2.66. The van der Waals surface area contributed by atoms with E-state index in [1.54, 1.807) is 0 Å². The molecule has 1 rings (SSSR count). The minimum Gasteiger partial charge on any atom is -0.375 e. The van der Waals surface area contributed by atoms with Crippen molar-refractivity contribution in [3.63, 3.8) is 0 Å². The van der Waals surface area contributed by atoms with E-state index in [0.717, 1.165) is 25.2 Å². The van der Waals surface area contributed by atoms with Crippen LogP contribution in [0.3, 0.4) is 0 Å². The fourth-order valence-electron chi connectivity index (χ4n) is 1.63. The van der Waals surface area contributed by atoms with E-state index in [0.29, 0.717) is 11.6 Å². The zero-order chi connectivity index (χ0) is 12.7. The zero-order valence-electron chi connectivity index (χ0n) is 10.9. The van der Waals surface area contributed by atoms with E-state index in [1.165, 1.54) is 0 Å². The molecule has 0 heterocycles. The highest BCUT2D eigenvalue weighted by Crippen LogP contribution is 2.13. The number of nitriles is 1. The van der Waals surface area contributed by atoms with E-state index < -0.39 is 0 Å². The molecule has 0 atom stereocenters. The summed E-state index contributed by atoms with van der Waals surface area (Å²) in [7, 11) is 2.08. The lowest BCUT2D eigenvalue weighted by Crippen LogP contribution is -2.27. The van der Waals surface area contributed by atoms with Crippen molar-refractivity contribution in [2.24, 2.45) is 0 Å². The molecule has 0 bridgehead atoms. The van der Waals surface area contributed by atoms with E-state index in [4.69, 9.17) is 5.26 Å². The third kappa shape index (κ3) is 4.88. The lowest BCUT2D eigenvalue weighted by Gasteiger charge is -2.19. The minimum atomic E-state index is 0.551. The Labute approximate surface area is 104 Å². The smallest absolute Gasteiger partial charge is 0.0991 e. The van der Waals surface area contributed by atoms with Gasteiger partial charge in [0, 0.05) is 25.3 Å². The van der Waals surface area contributed by atoms with Gasteiger partial charge < -0.3 is 10.2 Å². The lowest BCUT2D eigenvalue weighted by molar-refractivity contribution is 0.570. The first-order valence-electron chi connectivity index (χ1n) is 6.08. The standard InChI is InChI=1S/C14H21N3/c1-12(2)16-9-4-10-17(3)14-7-5-13(11-15)6-8-14/h5-8,12,16H,4,9-10H2,1-3H3. The molecule has 3 nitrogen and oxygen atoms in total. The molecule has 0 aliphatic rings. The van der Waals surface area contributed by atoms with Crippen molar-refractivity contribution in [2.75, 3.05) is 25.0 Å². The SMILES string of the molecule is CC(C)NCCCN(C)c1ccc(C#N)cc1. The summed E-state index contributed by atoms with van der Waals surface area (Å²) in [5.41, 5.74) is 1.87. The van der Waals surface area contributed by atoms with Gasteiger partial charge in [0.2, 0.25) is 0 Å². The first-order chi connectivity index (χ1) is 8.13. The lowest BCUT2D eigenvalue weighted by atomic mass is 10.2. The highest BCUT2D eigenvalue weighted by atomic mass is 15.1. The van der Waals surface area contributed by atoms with Crippen LogP contribution >= 0.6 is 0 Å². The van der Waals surface area contributed by atoms with Crippen molar-refractivity contribution in [3.8, 4) is 6.07 Å². The van der Waals surface area contributed by atoms with Gasteiger partial charge in [0.1, 0.15) is 0 Å². The van der Waals surface area contributed by atoms with Crippen LogP contribution in [-0.2, 0) is 0 Å². The molecular formula is C14H21N3. The van der Waals surface area contributed by atoms with E-state index in [1.807, 2.05) is 24.3 Å². The second-order valence-corrected chi connectivity index (χ2v) is 4.54. The molecule has 0 aliphatic carbocycles. The normalized spacial score (nSPS) is 10.3. The Balaban J connectivity index is 2.36. The second kappa shape index (κ2) is 6.93. The van der Waals surface area contributed by atoms with Gasteiger partial charge in [-0.3, -0.25) is 0 Å². The maximum atomic E-state index is 8.72. The number of benzene rings is 1. The van der Waals surface area contributed by atoms with E-state index >= 15 is 0 Å². The Hall–Kier alpha value is -1.53. The summed E-state index contributed by atoms with van der Waals surface area (Å²) in [5.74, 6) is 0. The largest absolute Gasteiger partial charge is 0.375 e. The number of nitrogens with one attached hydrogen (secondary N) is 1. The van der Waals surface area contributed by atoms with Crippen LogP contribution in [0.2, 0.25) is 0 Å². The number of hydrogen-bond acceptors (Lipinski definition) is 3. The van der Waals surface area contributed by atoms with Crippen LogP contribution in [0.25, 0.3) is 0 Å². The molecule has 92 valence electrons. The molecule has 0 spiro atoms. The van der Waals surface area contributed by atoms with E-state index in [2.05, 4.69) is 37.2 Å². The summed E-state index contributed by atoms with van der Waals surface area (Å²) in [6.07, 6.45) is 1.12. The predicted molar refractivity (Wildman–Crippen MR) is 72.2 cm³/mol. The Bertz CT molecular complexity index is 362. The maximum absolute atomic E-state index is 8.72. The van der Waals surface area contributed by atoms with Gasteiger partial charge >= 0.3 is 0 Å². The molecule has 0 radical (unpaired) electrons. The van der Waals surface area contributed by atoms with Gasteiger partial charge in [0.25, 0.3) is 0 Å². The van der Waals surface area contributed by atoms with Gasteiger partial charge in [-0.2, -0.15) is 5.26 Å². The van der Waals surface area contributed by atoms with Gasteiger partial charge in [-0.05, 0) is 37.2 Å². The van der Waals surface area contributed by atoms with Gasteiger partial charge in [0.15, 0.2) is 0 Å². The highest BCUT2D eigenvalue weighted by molar-refractivity contribution is 5.48. The Morgan fingerprint density at radius 2 is 1.94 bits per heavy atom. The zero-order valence-corrected chi connectivity index (χ0v) is 10.9. The van der Waals surface area contributed by atoms with Crippen molar-refractivity contribution in [1.29, 1.82) is 5.26 Å². The summed E-state index contributed by atoms with van der Waals surface area (Å²) in [4.78, 5) is 2.21. The minimum absolute atomic E-state index is 0.551. The summed E-state index contributed by atoms with van der Waals surface area (Å²) in [6, 6.07) is 10.4. The highest BCUT2D eigenvalue weighted by Gasteiger charge is 2.00. The summed E-state index contributed by atoms with van der Waals surface area (Å²) in [6.45, 7) is 6.37. The van der Waals surface area contributed by atoms with Crippen molar-refractivity contribution >= 4 is 5.69 Å². The van der Waals surface area contributed by atoms with E-state index in [-0.39, 0.29) is 0 Å². The molecule has 0 aromatic heterocycles. The van der Waals surface area contributed by atoms with Gasteiger partial charge in [0.05, 0.1) is 11.6 Å². The molecule has 0 aliphatic heterocycles. The first-order valence-corrected chi connectivity index (χ1v) is 6.08. The molecule has 0 fully saturated rings. The van der Waals surface area contributed by atoms with Crippen molar-refractivity contribution in [2.45, 2.75) is 26.3 Å². The maximum Gasteiger partial charge on any atom is 0.0991 e. The summed E-state index contributed by atoms with van der Waals surface area (Å²) < 4.78 is 0. The molecule has 17 heavy (non-hydrogen) atoms. The number of hydrogen-bond donors (Lipinski definition) is 1. The molecule has 0 amide bonds. The monoisotopic (exact) mass is 231 g/mol. The van der Waals surface area contributed by atoms with Crippen LogP contribution in [0.4, 0.5) is 5.69 Å². The van der Waals surface area contributed by atoms with Crippen LogP contribution in [-0.4, -0.2) is 26.2 Å². The Morgan fingerprint density at radius 1 is 1.29 bits per heavy atom. The van der Waals surface area contributed by atoms with Crippen molar-refractivity contribution in [1.82, 2.24) is 5.32 Å². The van der Waals surface area contributed by atoms with Crippen LogP contribution in [0.1, 0.15) is 25.8 Å². The summed E-state index contributed by atoms with van der Waals surface area (Å²) >= 11 is 0. The molecule has 0 saturated heterocycles. The molecule has 1 aromatic carbocycles. The Kier molecular flexibility index (Phi) is 5.51. The average molecular weight is 231 g/mol. The van der Waals surface area contributed by atoms with Crippen LogP contribution in [0.15, 0.2) is 24.3 Å². The molecule has 3 heteroatoms. The van der Waals surface area contributed by atoms with Crippen molar-refractivity contribution in [3.05, 3.63) is 29.8 Å². The van der Waals surface area contributed by atoms with Crippen LogP contribution in [0, 0.1) is 11.3 Å². The van der Waals surface area contributed by atoms with Crippen LogP contribution in [0.5, 0.6) is 0 Å². The molecule has 0 saturated carbocycles. The predicted octanol–water partition coefficient (Wildman–Crippen LogP) is 2.38. The van der Waals surface area contributed by atoms with Gasteiger partial charge in [-0.1, -0.05) is 13.8 Å². The quantitative estimate of drug-likeness (QED) is 0.764.